The molecule has 2 aromatic rings. The Labute approximate surface area is 139 Å². The van der Waals surface area contributed by atoms with E-state index in [0.29, 0.717) is 15.8 Å². The molecule has 0 saturated carbocycles. The molecule has 0 atom stereocenters. The molecule has 0 saturated heterocycles. The molecule has 1 heterocycles. The number of ether oxygens (including phenoxy) is 2. The molecule has 1 aromatic carbocycles. The molecule has 1 aromatic heterocycles. The van der Waals surface area contributed by atoms with Gasteiger partial charge >= 0.3 is 5.97 Å². The molecule has 1 N–H and O–H groups in total. The molecule has 0 unspecified atom stereocenters. The number of rotatable bonds is 5. The van der Waals surface area contributed by atoms with Crippen molar-refractivity contribution in [1.29, 1.82) is 0 Å². The fourth-order valence-corrected chi connectivity index (χ4v) is 2.38. The molecule has 0 aliphatic carbocycles. The summed E-state index contributed by atoms with van der Waals surface area (Å²) in [7, 11) is 1.21. The molecule has 0 spiro atoms. The van der Waals surface area contributed by atoms with Crippen LogP contribution in [0.25, 0.3) is 0 Å². The largest absolute Gasteiger partial charge is 0.482 e. The number of benzene rings is 1. The number of hydrogen-bond acceptors (Lipinski definition) is 7. The molecule has 7 nitrogen and oxygen atoms in total. The lowest BCUT2D eigenvalue weighted by atomic mass is 10.3. The number of hydrogen-bond donors (Lipinski definition) is 1. The van der Waals surface area contributed by atoms with E-state index in [1.807, 2.05) is 0 Å². The summed E-state index contributed by atoms with van der Waals surface area (Å²) in [5.74, 6) is -0.947. The Morgan fingerprint density at radius 3 is 2.82 bits per heavy atom. The molecular formula is C12H9Cl2N3O4S. The van der Waals surface area contributed by atoms with Gasteiger partial charge in [-0.1, -0.05) is 23.2 Å². The van der Waals surface area contributed by atoms with Gasteiger partial charge in [0.15, 0.2) is 6.61 Å². The van der Waals surface area contributed by atoms with Gasteiger partial charge in [-0.05, 0) is 18.2 Å². The number of nitrogens with zero attached hydrogens (tertiary/aromatic N) is 2. The van der Waals surface area contributed by atoms with Gasteiger partial charge in [0.05, 0.1) is 12.1 Å². The van der Waals surface area contributed by atoms with Crippen molar-refractivity contribution in [2.24, 2.45) is 0 Å². The van der Waals surface area contributed by atoms with Crippen LogP contribution in [0.5, 0.6) is 5.75 Å². The van der Waals surface area contributed by atoms with E-state index in [9.17, 15) is 9.59 Å². The van der Waals surface area contributed by atoms with E-state index < -0.39 is 11.9 Å². The first-order valence-electron chi connectivity index (χ1n) is 5.79. The van der Waals surface area contributed by atoms with Gasteiger partial charge in [-0.2, -0.15) is 9.36 Å². The molecule has 0 aliphatic heterocycles. The average molecular weight is 362 g/mol. The van der Waals surface area contributed by atoms with Gasteiger partial charge in [-0.15, -0.1) is 0 Å². The maximum absolute atomic E-state index is 11.7. The van der Waals surface area contributed by atoms with Crippen molar-refractivity contribution in [1.82, 2.24) is 9.36 Å². The van der Waals surface area contributed by atoms with Crippen LogP contribution in [0.4, 0.5) is 5.13 Å². The number of methoxy groups -OCH3 is 1. The summed E-state index contributed by atoms with van der Waals surface area (Å²) in [6.45, 7) is -0.283. The fraction of sp³-hybridized carbons (Fsp3) is 0.167. The molecule has 1 amide bonds. The van der Waals surface area contributed by atoms with Crippen LogP contribution in [-0.4, -0.2) is 35.0 Å². The quantitative estimate of drug-likeness (QED) is 0.823. The van der Waals surface area contributed by atoms with E-state index >= 15 is 0 Å². The van der Waals surface area contributed by atoms with Crippen molar-refractivity contribution >= 4 is 51.7 Å². The standard InChI is InChI=1S/C12H9Cl2N3O4S/c1-20-11(19)10-16-12(22-17-10)15-9(18)5-21-8-3-2-6(13)4-7(8)14/h2-4H,5H2,1H3,(H,15,16,17,18). The highest BCUT2D eigenvalue weighted by atomic mass is 35.5. The van der Waals surface area contributed by atoms with Crippen LogP contribution in [0.15, 0.2) is 18.2 Å². The fourth-order valence-electron chi connectivity index (χ4n) is 1.34. The van der Waals surface area contributed by atoms with E-state index in [1.165, 1.54) is 13.2 Å². The number of esters is 1. The number of aromatic nitrogens is 2. The topological polar surface area (TPSA) is 90.4 Å². The molecule has 10 heteroatoms. The summed E-state index contributed by atoms with van der Waals surface area (Å²) in [4.78, 5) is 26.7. The van der Waals surface area contributed by atoms with E-state index in [0.717, 1.165) is 11.5 Å². The third-order valence-corrected chi connectivity index (χ3v) is 3.45. The predicted molar refractivity (Wildman–Crippen MR) is 81.8 cm³/mol. The van der Waals surface area contributed by atoms with Gasteiger partial charge in [0, 0.05) is 16.6 Å². The van der Waals surface area contributed by atoms with Crippen molar-refractivity contribution in [3.05, 3.63) is 34.1 Å². The van der Waals surface area contributed by atoms with Crippen molar-refractivity contribution < 1.29 is 19.1 Å². The summed E-state index contributed by atoms with van der Waals surface area (Å²) in [6, 6.07) is 4.65. The smallest absolute Gasteiger partial charge is 0.377 e. The number of halogens is 2. The first kappa shape index (κ1) is 16.5. The summed E-state index contributed by atoms with van der Waals surface area (Å²) in [5.41, 5.74) is 0. The van der Waals surface area contributed by atoms with Crippen molar-refractivity contribution in [2.75, 3.05) is 19.0 Å². The van der Waals surface area contributed by atoms with Gasteiger partial charge in [0.2, 0.25) is 5.13 Å². The third kappa shape index (κ3) is 4.30. The molecule has 2 rings (SSSR count). The highest BCUT2D eigenvalue weighted by Gasteiger charge is 2.15. The van der Waals surface area contributed by atoms with Gasteiger partial charge in [0.1, 0.15) is 5.75 Å². The Bertz CT molecular complexity index is 707. The Morgan fingerprint density at radius 2 is 2.14 bits per heavy atom. The number of anilines is 1. The molecule has 22 heavy (non-hydrogen) atoms. The molecular weight excluding hydrogens is 353 g/mol. The summed E-state index contributed by atoms with van der Waals surface area (Å²) in [6.07, 6.45) is 0. The maximum atomic E-state index is 11.7. The Kier molecular flexibility index (Phi) is 5.53. The second-order valence-electron chi connectivity index (χ2n) is 3.83. The van der Waals surface area contributed by atoms with Crippen molar-refractivity contribution in [3.63, 3.8) is 0 Å². The summed E-state index contributed by atoms with van der Waals surface area (Å²) < 4.78 is 13.5. The monoisotopic (exact) mass is 361 g/mol. The lowest BCUT2D eigenvalue weighted by Gasteiger charge is -2.07. The van der Waals surface area contributed by atoms with Gasteiger partial charge in [-0.3, -0.25) is 10.1 Å². The summed E-state index contributed by atoms with van der Waals surface area (Å²) >= 11 is 12.5. The predicted octanol–water partition coefficient (Wildman–Crippen LogP) is 2.65. The van der Waals surface area contributed by atoms with Gasteiger partial charge in [-0.25, -0.2) is 4.79 Å². The minimum atomic E-state index is -0.680. The molecule has 0 bridgehead atoms. The van der Waals surface area contributed by atoms with Crippen molar-refractivity contribution in [2.45, 2.75) is 0 Å². The maximum Gasteiger partial charge on any atom is 0.377 e. The second kappa shape index (κ2) is 7.39. The SMILES string of the molecule is COC(=O)c1nsc(NC(=O)COc2ccc(Cl)cc2Cl)n1. The average Bonchev–Trinajstić information content (AvgIpc) is 2.94. The van der Waals surface area contributed by atoms with Crippen LogP contribution in [0.2, 0.25) is 10.0 Å². The Morgan fingerprint density at radius 1 is 1.36 bits per heavy atom. The van der Waals surface area contributed by atoms with Crippen LogP contribution in [-0.2, 0) is 9.53 Å². The number of carbonyl (C=O) groups is 2. The molecule has 0 radical (unpaired) electrons. The normalized spacial score (nSPS) is 10.1. The zero-order valence-corrected chi connectivity index (χ0v) is 13.5. The zero-order chi connectivity index (χ0) is 16.1. The van der Waals surface area contributed by atoms with Crippen LogP contribution >= 0.6 is 34.7 Å². The van der Waals surface area contributed by atoms with Crippen LogP contribution in [0, 0.1) is 0 Å². The molecule has 0 fully saturated rings. The van der Waals surface area contributed by atoms with Gasteiger partial charge < -0.3 is 9.47 Å². The summed E-state index contributed by atoms with van der Waals surface area (Å²) in [5, 5.41) is 3.37. The zero-order valence-electron chi connectivity index (χ0n) is 11.1. The number of carbonyl (C=O) groups excluding carboxylic acids is 2. The minimum absolute atomic E-state index is 0.121. The first-order valence-corrected chi connectivity index (χ1v) is 7.32. The van der Waals surface area contributed by atoms with Crippen LogP contribution < -0.4 is 10.1 Å². The highest BCUT2D eigenvalue weighted by Crippen LogP contribution is 2.27. The van der Waals surface area contributed by atoms with E-state index in [-0.39, 0.29) is 17.6 Å². The van der Waals surface area contributed by atoms with Gasteiger partial charge in [0.25, 0.3) is 11.7 Å². The van der Waals surface area contributed by atoms with E-state index in [2.05, 4.69) is 19.4 Å². The van der Waals surface area contributed by atoms with Crippen LogP contribution in [0.3, 0.4) is 0 Å². The number of amides is 1. The minimum Gasteiger partial charge on any atom is -0.482 e. The lowest BCUT2D eigenvalue weighted by molar-refractivity contribution is -0.118. The lowest BCUT2D eigenvalue weighted by Crippen LogP contribution is -2.20. The number of nitrogens with one attached hydrogen (secondary N) is 1. The molecule has 116 valence electrons. The van der Waals surface area contributed by atoms with E-state index in [4.69, 9.17) is 27.9 Å². The van der Waals surface area contributed by atoms with E-state index in [1.54, 1.807) is 12.1 Å². The first-order chi connectivity index (χ1) is 10.5. The second-order valence-corrected chi connectivity index (χ2v) is 5.42. The van der Waals surface area contributed by atoms with Crippen molar-refractivity contribution in [3.8, 4) is 5.75 Å². The Hall–Kier alpha value is -1.90. The van der Waals surface area contributed by atoms with Crippen LogP contribution in [0.1, 0.15) is 10.6 Å². The molecule has 0 aliphatic rings. The highest BCUT2D eigenvalue weighted by molar-refractivity contribution is 7.10. The Balaban J connectivity index is 1.90. The third-order valence-electron chi connectivity index (χ3n) is 2.29.